The third kappa shape index (κ3) is 2.80. The van der Waals surface area contributed by atoms with Gasteiger partial charge in [-0.25, -0.2) is 9.37 Å². The molecule has 0 bridgehead atoms. The lowest BCUT2D eigenvalue weighted by Crippen LogP contribution is -2.17. The van der Waals surface area contributed by atoms with Gasteiger partial charge in [-0.05, 0) is 18.2 Å². The second kappa shape index (κ2) is 5.09. The average Bonchev–Trinajstić information content (AvgIpc) is 2.33. The number of carbonyl (C=O) groups excluding carboxylic acids is 1. The maximum atomic E-state index is 13.5. The fraction of sp³-hybridized carbons (Fsp3) is 0. The molecule has 7 heteroatoms. The van der Waals surface area contributed by atoms with Crippen LogP contribution < -0.4 is 10.9 Å². The Labute approximate surface area is 109 Å². The SMILES string of the molecule is O=C(Nc1ccc(Br)cc1F)c1c[nH]c(=O)cn1. The number of halogens is 2. The molecule has 92 valence electrons. The molecule has 0 saturated carbocycles. The van der Waals surface area contributed by atoms with E-state index in [9.17, 15) is 14.0 Å². The second-order valence-corrected chi connectivity index (χ2v) is 4.29. The van der Waals surface area contributed by atoms with Crippen molar-refractivity contribution in [3.8, 4) is 0 Å². The van der Waals surface area contributed by atoms with Crippen LogP contribution in [-0.2, 0) is 0 Å². The summed E-state index contributed by atoms with van der Waals surface area (Å²) in [5.41, 5.74) is -0.380. The molecule has 1 amide bonds. The topological polar surface area (TPSA) is 74.8 Å². The molecule has 1 heterocycles. The van der Waals surface area contributed by atoms with Crippen molar-refractivity contribution in [2.75, 3.05) is 5.32 Å². The van der Waals surface area contributed by atoms with Gasteiger partial charge < -0.3 is 10.3 Å². The van der Waals surface area contributed by atoms with Crippen LogP contribution in [0.25, 0.3) is 0 Å². The van der Waals surface area contributed by atoms with Gasteiger partial charge in [-0.3, -0.25) is 9.59 Å². The van der Waals surface area contributed by atoms with Crippen molar-refractivity contribution in [2.24, 2.45) is 0 Å². The third-order valence-electron chi connectivity index (χ3n) is 2.08. The highest BCUT2D eigenvalue weighted by molar-refractivity contribution is 9.10. The molecule has 2 aromatic rings. The van der Waals surface area contributed by atoms with E-state index in [1.165, 1.54) is 12.1 Å². The largest absolute Gasteiger partial charge is 0.325 e. The Bertz CT molecular complexity index is 636. The molecular weight excluding hydrogens is 305 g/mol. The summed E-state index contributed by atoms with van der Waals surface area (Å²) in [7, 11) is 0. The molecule has 1 aromatic carbocycles. The van der Waals surface area contributed by atoms with Crippen molar-refractivity contribution in [1.29, 1.82) is 0 Å². The zero-order valence-electron chi connectivity index (χ0n) is 8.91. The summed E-state index contributed by atoms with van der Waals surface area (Å²) in [6, 6.07) is 4.25. The molecule has 0 unspecified atom stereocenters. The highest BCUT2D eigenvalue weighted by Gasteiger charge is 2.10. The summed E-state index contributed by atoms with van der Waals surface area (Å²) < 4.78 is 14.0. The van der Waals surface area contributed by atoms with Crippen LogP contribution in [0.5, 0.6) is 0 Å². The lowest BCUT2D eigenvalue weighted by molar-refractivity contribution is 0.102. The summed E-state index contributed by atoms with van der Waals surface area (Å²) in [4.78, 5) is 28.4. The quantitative estimate of drug-likeness (QED) is 0.890. The number of aromatic amines is 1. The Kier molecular flexibility index (Phi) is 3.52. The first-order chi connectivity index (χ1) is 8.56. The predicted octanol–water partition coefficient (Wildman–Crippen LogP) is 1.92. The second-order valence-electron chi connectivity index (χ2n) is 3.37. The van der Waals surface area contributed by atoms with Crippen LogP contribution in [-0.4, -0.2) is 15.9 Å². The van der Waals surface area contributed by atoms with Crippen LogP contribution >= 0.6 is 15.9 Å². The highest BCUT2D eigenvalue weighted by atomic mass is 79.9. The Hall–Kier alpha value is -2.02. The summed E-state index contributed by atoms with van der Waals surface area (Å²) >= 11 is 3.11. The molecule has 0 saturated heterocycles. The minimum Gasteiger partial charge on any atom is -0.325 e. The molecule has 0 atom stereocenters. The van der Waals surface area contributed by atoms with Gasteiger partial charge in [0.2, 0.25) is 0 Å². The molecule has 18 heavy (non-hydrogen) atoms. The smallest absolute Gasteiger partial charge is 0.275 e. The number of anilines is 1. The van der Waals surface area contributed by atoms with E-state index in [4.69, 9.17) is 0 Å². The number of hydrogen-bond acceptors (Lipinski definition) is 3. The van der Waals surface area contributed by atoms with Gasteiger partial charge in [0.15, 0.2) is 0 Å². The molecular formula is C11H7BrFN3O2. The summed E-state index contributed by atoms with van der Waals surface area (Å²) in [6.45, 7) is 0. The zero-order valence-corrected chi connectivity index (χ0v) is 10.5. The maximum absolute atomic E-state index is 13.5. The van der Waals surface area contributed by atoms with E-state index in [1.807, 2.05) is 0 Å². The number of nitrogens with one attached hydrogen (secondary N) is 2. The number of nitrogens with zero attached hydrogens (tertiary/aromatic N) is 1. The number of hydrogen-bond donors (Lipinski definition) is 2. The molecule has 2 N–H and O–H groups in total. The molecule has 2 rings (SSSR count). The van der Waals surface area contributed by atoms with E-state index in [0.29, 0.717) is 4.47 Å². The van der Waals surface area contributed by atoms with Crippen molar-refractivity contribution in [2.45, 2.75) is 0 Å². The van der Waals surface area contributed by atoms with E-state index < -0.39 is 17.3 Å². The first kappa shape index (κ1) is 12.4. The van der Waals surface area contributed by atoms with E-state index >= 15 is 0 Å². The van der Waals surface area contributed by atoms with Crippen molar-refractivity contribution in [3.05, 3.63) is 56.9 Å². The molecule has 0 radical (unpaired) electrons. The Balaban J connectivity index is 2.21. The first-order valence-corrected chi connectivity index (χ1v) is 5.67. The number of rotatable bonds is 2. The van der Waals surface area contributed by atoms with Gasteiger partial charge in [0.25, 0.3) is 11.5 Å². The van der Waals surface area contributed by atoms with Gasteiger partial charge in [0.1, 0.15) is 11.5 Å². The van der Waals surface area contributed by atoms with Crippen molar-refractivity contribution in [3.63, 3.8) is 0 Å². The van der Waals surface area contributed by atoms with E-state index in [2.05, 4.69) is 31.2 Å². The fourth-order valence-corrected chi connectivity index (χ4v) is 1.58. The molecule has 5 nitrogen and oxygen atoms in total. The average molecular weight is 312 g/mol. The lowest BCUT2D eigenvalue weighted by atomic mass is 10.3. The van der Waals surface area contributed by atoms with Crippen LogP contribution in [0, 0.1) is 5.82 Å². The highest BCUT2D eigenvalue weighted by Crippen LogP contribution is 2.19. The Morgan fingerprint density at radius 3 is 2.83 bits per heavy atom. The monoisotopic (exact) mass is 311 g/mol. The molecule has 0 fully saturated rings. The summed E-state index contributed by atoms with van der Waals surface area (Å²) in [5.74, 6) is -1.17. The van der Waals surface area contributed by atoms with Crippen molar-refractivity contribution in [1.82, 2.24) is 9.97 Å². The number of carbonyl (C=O) groups is 1. The number of amides is 1. The predicted molar refractivity (Wildman–Crippen MR) is 66.9 cm³/mol. The maximum Gasteiger partial charge on any atom is 0.275 e. The van der Waals surface area contributed by atoms with E-state index in [0.717, 1.165) is 12.4 Å². The van der Waals surface area contributed by atoms with Gasteiger partial charge in [-0.2, -0.15) is 0 Å². The van der Waals surface area contributed by atoms with E-state index in [-0.39, 0.29) is 11.4 Å². The van der Waals surface area contributed by atoms with Gasteiger partial charge >= 0.3 is 0 Å². The lowest BCUT2D eigenvalue weighted by Gasteiger charge is -2.05. The van der Waals surface area contributed by atoms with Crippen LogP contribution in [0.3, 0.4) is 0 Å². The van der Waals surface area contributed by atoms with Gasteiger partial charge in [0, 0.05) is 10.7 Å². The van der Waals surface area contributed by atoms with Gasteiger partial charge in [-0.1, -0.05) is 15.9 Å². The minimum absolute atomic E-state index is 0.00285. The fourth-order valence-electron chi connectivity index (χ4n) is 1.24. The van der Waals surface area contributed by atoms with Crippen LogP contribution in [0.2, 0.25) is 0 Å². The Morgan fingerprint density at radius 1 is 1.44 bits per heavy atom. The van der Waals surface area contributed by atoms with Crippen LogP contribution in [0.1, 0.15) is 10.5 Å². The normalized spacial score (nSPS) is 10.1. The first-order valence-electron chi connectivity index (χ1n) is 4.87. The number of benzene rings is 1. The van der Waals surface area contributed by atoms with E-state index in [1.54, 1.807) is 6.07 Å². The van der Waals surface area contributed by atoms with Gasteiger partial charge in [-0.15, -0.1) is 0 Å². The molecule has 0 aliphatic heterocycles. The molecule has 0 spiro atoms. The van der Waals surface area contributed by atoms with Crippen LogP contribution in [0.15, 0.2) is 39.9 Å². The molecule has 0 aliphatic rings. The minimum atomic E-state index is -0.604. The number of H-pyrrole nitrogens is 1. The standard InChI is InChI=1S/C11H7BrFN3O2/c12-6-1-2-8(7(13)3-6)16-11(18)9-4-15-10(17)5-14-9/h1-5H,(H,15,17)(H,16,18). The van der Waals surface area contributed by atoms with Crippen LogP contribution in [0.4, 0.5) is 10.1 Å². The molecule has 1 aromatic heterocycles. The Morgan fingerprint density at radius 2 is 2.22 bits per heavy atom. The number of aromatic nitrogens is 2. The summed E-state index contributed by atoms with van der Waals surface area (Å²) in [6.07, 6.45) is 2.14. The molecule has 0 aliphatic carbocycles. The zero-order chi connectivity index (χ0) is 13.1. The van der Waals surface area contributed by atoms with Gasteiger partial charge in [0.05, 0.1) is 11.9 Å². The third-order valence-corrected chi connectivity index (χ3v) is 2.58. The summed E-state index contributed by atoms with van der Waals surface area (Å²) in [5, 5.41) is 2.35. The van der Waals surface area contributed by atoms with Crippen molar-refractivity contribution < 1.29 is 9.18 Å². The van der Waals surface area contributed by atoms with Crippen molar-refractivity contribution >= 4 is 27.5 Å².